The van der Waals surface area contributed by atoms with E-state index in [1.165, 1.54) is 31.4 Å². The summed E-state index contributed by atoms with van der Waals surface area (Å²) in [4.78, 5) is 0. The summed E-state index contributed by atoms with van der Waals surface area (Å²) in [5.41, 5.74) is 8.09. The van der Waals surface area contributed by atoms with Crippen molar-refractivity contribution in [3.05, 3.63) is 17.5 Å². The fraction of sp³-hybridized carbons (Fsp3) is 0.750. The highest BCUT2D eigenvalue weighted by Crippen LogP contribution is 2.35. The Morgan fingerprint density at radius 3 is 2.67 bits per heavy atom. The van der Waals surface area contributed by atoms with Gasteiger partial charge in [-0.05, 0) is 32.8 Å². The van der Waals surface area contributed by atoms with Gasteiger partial charge in [0.05, 0.1) is 5.69 Å². The van der Waals surface area contributed by atoms with E-state index in [2.05, 4.69) is 29.7 Å². The lowest BCUT2D eigenvalue weighted by atomic mass is 10.0. The van der Waals surface area contributed by atoms with Gasteiger partial charge in [-0.15, -0.1) is 0 Å². The number of rotatable bonds is 3. The predicted octanol–water partition coefficient (Wildman–Crippen LogP) is 2.58. The van der Waals surface area contributed by atoms with Crippen molar-refractivity contribution in [2.24, 2.45) is 5.73 Å². The SMILES string of the molecule is CC(C)n1nc(CN)cc1C1CCCC1. The highest BCUT2D eigenvalue weighted by Gasteiger charge is 2.22. The Morgan fingerprint density at radius 1 is 1.47 bits per heavy atom. The maximum atomic E-state index is 5.66. The van der Waals surface area contributed by atoms with E-state index in [-0.39, 0.29) is 0 Å². The van der Waals surface area contributed by atoms with Crippen LogP contribution in [0.1, 0.15) is 62.9 Å². The Hall–Kier alpha value is -0.830. The van der Waals surface area contributed by atoms with Crippen LogP contribution in [-0.4, -0.2) is 9.78 Å². The number of hydrogen-bond donors (Lipinski definition) is 1. The molecule has 3 heteroatoms. The highest BCUT2D eigenvalue weighted by atomic mass is 15.3. The quantitative estimate of drug-likeness (QED) is 0.828. The van der Waals surface area contributed by atoms with Crippen LogP contribution in [0.15, 0.2) is 6.07 Å². The molecule has 1 aliphatic rings. The lowest BCUT2D eigenvalue weighted by Crippen LogP contribution is -2.10. The Morgan fingerprint density at radius 2 is 2.13 bits per heavy atom. The minimum atomic E-state index is 0.445. The van der Waals surface area contributed by atoms with Gasteiger partial charge in [-0.25, -0.2) is 0 Å². The van der Waals surface area contributed by atoms with Crippen LogP contribution in [0.3, 0.4) is 0 Å². The van der Waals surface area contributed by atoms with Crippen LogP contribution in [0.4, 0.5) is 0 Å². The van der Waals surface area contributed by atoms with E-state index in [0.29, 0.717) is 12.6 Å². The zero-order valence-corrected chi connectivity index (χ0v) is 9.74. The number of nitrogens with zero attached hydrogens (tertiary/aromatic N) is 2. The average molecular weight is 207 g/mol. The van der Waals surface area contributed by atoms with Gasteiger partial charge in [0.2, 0.25) is 0 Å². The molecule has 0 aromatic carbocycles. The molecule has 1 aromatic rings. The third-order valence-corrected chi connectivity index (χ3v) is 3.29. The van der Waals surface area contributed by atoms with Gasteiger partial charge in [0, 0.05) is 24.2 Å². The molecule has 1 saturated carbocycles. The molecule has 1 fully saturated rings. The van der Waals surface area contributed by atoms with Crippen molar-refractivity contribution in [3.63, 3.8) is 0 Å². The molecule has 0 bridgehead atoms. The summed E-state index contributed by atoms with van der Waals surface area (Å²) in [6.45, 7) is 4.93. The summed E-state index contributed by atoms with van der Waals surface area (Å²) in [5, 5.41) is 4.56. The third kappa shape index (κ3) is 2.07. The van der Waals surface area contributed by atoms with Crippen molar-refractivity contribution in [2.45, 2.75) is 58.0 Å². The van der Waals surface area contributed by atoms with Crippen molar-refractivity contribution in [3.8, 4) is 0 Å². The normalized spacial score (nSPS) is 17.9. The van der Waals surface area contributed by atoms with E-state index in [1.807, 2.05) is 0 Å². The Balaban J connectivity index is 2.30. The van der Waals surface area contributed by atoms with Crippen LogP contribution in [0.25, 0.3) is 0 Å². The highest BCUT2D eigenvalue weighted by molar-refractivity contribution is 5.16. The monoisotopic (exact) mass is 207 g/mol. The van der Waals surface area contributed by atoms with Crippen LogP contribution < -0.4 is 5.73 Å². The van der Waals surface area contributed by atoms with E-state index in [9.17, 15) is 0 Å². The first-order valence-corrected chi connectivity index (χ1v) is 6.00. The summed E-state index contributed by atoms with van der Waals surface area (Å²) in [6, 6.07) is 2.65. The molecule has 15 heavy (non-hydrogen) atoms. The van der Waals surface area contributed by atoms with Gasteiger partial charge < -0.3 is 5.73 Å². The summed E-state index contributed by atoms with van der Waals surface area (Å²) in [7, 11) is 0. The van der Waals surface area contributed by atoms with Crippen molar-refractivity contribution < 1.29 is 0 Å². The summed E-state index contributed by atoms with van der Waals surface area (Å²) >= 11 is 0. The molecule has 0 amide bonds. The molecule has 1 aromatic heterocycles. The van der Waals surface area contributed by atoms with Crippen molar-refractivity contribution in [2.75, 3.05) is 0 Å². The second-order valence-corrected chi connectivity index (χ2v) is 4.78. The topological polar surface area (TPSA) is 43.8 Å². The third-order valence-electron chi connectivity index (χ3n) is 3.29. The van der Waals surface area contributed by atoms with Crippen molar-refractivity contribution >= 4 is 0 Å². The first kappa shape index (κ1) is 10.7. The lowest BCUT2D eigenvalue weighted by molar-refractivity contribution is 0.482. The van der Waals surface area contributed by atoms with Gasteiger partial charge in [-0.1, -0.05) is 12.8 Å². The van der Waals surface area contributed by atoms with E-state index in [1.54, 1.807) is 0 Å². The Bertz CT molecular complexity index is 322. The standard InChI is InChI=1S/C12H21N3/c1-9(2)15-12(7-11(8-13)14-15)10-5-3-4-6-10/h7,9-10H,3-6,8,13H2,1-2H3. The molecule has 1 heterocycles. The minimum absolute atomic E-state index is 0.445. The Kier molecular flexibility index (Phi) is 3.10. The first-order valence-electron chi connectivity index (χ1n) is 6.00. The predicted molar refractivity (Wildman–Crippen MR) is 61.7 cm³/mol. The van der Waals surface area contributed by atoms with Crippen molar-refractivity contribution in [1.82, 2.24) is 9.78 Å². The molecule has 84 valence electrons. The van der Waals surface area contributed by atoms with E-state index >= 15 is 0 Å². The number of aromatic nitrogens is 2. The second kappa shape index (κ2) is 4.35. The molecule has 1 aliphatic carbocycles. The van der Waals surface area contributed by atoms with Crippen LogP contribution in [0.5, 0.6) is 0 Å². The molecule has 2 N–H and O–H groups in total. The zero-order chi connectivity index (χ0) is 10.8. The average Bonchev–Trinajstić information content (AvgIpc) is 2.86. The van der Waals surface area contributed by atoms with Gasteiger partial charge in [-0.2, -0.15) is 5.10 Å². The van der Waals surface area contributed by atoms with Gasteiger partial charge in [0.1, 0.15) is 0 Å². The molecule has 0 saturated heterocycles. The molecule has 0 unspecified atom stereocenters. The summed E-state index contributed by atoms with van der Waals surface area (Å²) in [6.07, 6.45) is 5.38. The summed E-state index contributed by atoms with van der Waals surface area (Å²) < 4.78 is 2.16. The van der Waals surface area contributed by atoms with Crippen molar-refractivity contribution in [1.29, 1.82) is 0 Å². The fourth-order valence-corrected chi connectivity index (χ4v) is 2.50. The maximum absolute atomic E-state index is 5.66. The first-order chi connectivity index (χ1) is 7.22. The Labute approximate surface area is 91.7 Å². The maximum Gasteiger partial charge on any atom is 0.0763 e. The molecule has 3 nitrogen and oxygen atoms in total. The second-order valence-electron chi connectivity index (χ2n) is 4.78. The molecule has 0 radical (unpaired) electrons. The van der Waals surface area contributed by atoms with E-state index in [4.69, 9.17) is 5.73 Å². The van der Waals surface area contributed by atoms with E-state index in [0.717, 1.165) is 11.6 Å². The molecule has 0 atom stereocenters. The molecular weight excluding hydrogens is 186 g/mol. The molecule has 0 aliphatic heterocycles. The van der Waals surface area contributed by atoms with Crippen LogP contribution in [0, 0.1) is 0 Å². The minimum Gasteiger partial charge on any atom is -0.325 e. The van der Waals surface area contributed by atoms with Crippen LogP contribution in [0.2, 0.25) is 0 Å². The molecular formula is C12H21N3. The molecule has 0 spiro atoms. The fourth-order valence-electron chi connectivity index (χ4n) is 2.50. The largest absolute Gasteiger partial charge is 0.325 e. The van der Waals surface area contributed by atoms with Gasteiger partial charge in [0.15, 0.2) is 0 Å². The number of nitrogens with two attached hydrogens (primary N) is 1. The van der Waals surface area contributed by atoms with Gasteiger partial charge in [0.25, 0.3) is 0 Å². The van der Waals surface area contributed by atoms with Gasteiger partial charge in [-0.3, -0.25) is 4.68 Å². The smallest absolute Gasteiger partial charge is 0.0763 e. The van der Waals surface area contributed by atoms with Crippen LogP contribution in [-0.2, 0) is 6.54 Å². The van der Waals surface area contributed by atoms with Gasteiger partial charge >= 0.3 is 0 Å². The number of hydrogen-bond acceptors (Lipinski definition) is 2. The van der Waals surface area contributed by atoms with E-state index < -0.39 is 0 Å². The lowest BCUT2D eigenvalue weighted by Gasteiger charge is -2.15. The van der Waals surface area contributed by atoms with Crippen LogP contribution >= 0.6 is 0 Å². The zero-order valence-electron chi connectivity index (χ0n) is 9.74. The molecule has 2 rings (SSSR count). The summed E-state index contributed by atoms with van der Waals surface area (Å²) in [5.74, 6) is 0.722.